The largest absolute Gasteiger partial charge is 0.490 e. The maximum absolute atomic E-state index is 12.8. The van der Waals surface area contributed by atoms with Crippen LogP contribution >= 0.6 is 11.6 Å². The molecule has 2 amide bonds. The van der Waals surface area contributed by atoms with Crippen LogP contribution in [0.25, 0.3) is 0 Å². The van der Waals surface area contributed by atoms with E-state index in [0.717, 1.165) is 5.56 Å². The molecule has 3 aromatic rings. The van der Waals surface area contributed by atoms with Gasteiger partial charge in [0.05, 0.1) is 17.7 Å². The summed E-state index contributed by atoms with van der Waals surface area (Å²) in [6, 6.07) is 16.8. The Morgan fingerprint density at radius 3 is 2.33 bits per heavy atom. The summed E-state index contributed by atoms with van der Waals surface area (Å²) in [6.07, 6.45) is 1.46. The minimum absolute atomic E-state index is 0.00754. The topological polar surface area (TPSA) is 132 Å². The van der Waals surface area contributed by atoms with Crippen molar-refractivity contribution in [3.63, 3.8) is 0 Å². The van der Waals surface area contributed by atoms with Gasteiger partial charge in [0.25, 0.3) is 17.5 Å². The number of amides is 2. The molecule has 0 bridgehead atoms. The fraction of sp³-hybridized carbons (Fsp3) is 0.250. The number of hydrogen-bond donors (Lipinski definition) is 2. The molecular weight excluding hydrogens is 524 g/mol. The Labute approximate surface area is 231 Å². The van der Waals surface area contributed by atoms with Crippen molar-refractivity contribution in [2.45, 2.75) is 33.4 Å². The van der Waals surface area contributed by atoms with E-state index in [2.05, 4.69) is 15.8 Å². The van der Waals surface area contributed by atoms with E-state index in [9.17, 15) is 19.7 Å². The molecule has 39 heavy (non-hydrogen) atoms. The second-order valence-electron chi connectivity index (χ2n) is 8.79. The minimum atomic E-state index is -0.806. The van der Waals surface area contributed by atoms with E-state index in [1.54, 1.807) is 54.6 Å². The number of nitrogens with one attached hydrogen (secondary N) is 2. The Kier molecular flexibility index (Phi) is 10.4. The van der Waals surface area contributed by atoms with Crippen molar-refractivity contribution in [1.82, 2.24) is 10.7 Å². The highest BCUT2D eigenvalue weighted by molar-refractivity contribution is 6.30. The molecule has 1 atom stereocenters. The van der Waals surface area contributed by atoms with Crippen LogP contribution in [0.5, 0.6) is 11.5 Å². The van der Waals surface area contributed by atoms with Crippen LogP contribution in [0.4, 0.5) is 5.69 Å². The van der Waals surface area contributed by atoms with E-state index in [-0.39, 0.29) is 18.2 Å². The first kappa shape index (κ1) is 29.1. The maximum Gasteiger partial charge on any atom is 0.269 e. The van der Waals surface area contributed by atoms with Gasteiger partial charge in [0.2, 0.25) is 0 Å². The van der Waals surface area contributed by atoms with Crippen molar-refractivity contribution in [3.05, 3.63) is 98.6 Å². The highest BCUT2D eigenvalue weighted by atomic mass is 35.5. The molecule has 0 aromatic heterocycles. The SMILES string of the molecule is CCOc1cc(/C=N\NC(=O)C(NC(=O)c2ccc(Cl)cc2)C(C)C)ccc1OCc1ccc([N+](=O)[O-])cc1. The van der Waals surface area contributed by atoms with Crippen molar-refractivity contribution >= 4 is 35.3 Å². The standard InChI is InChI=1S/C28H29ClN4O6/c1-4-38-25-15-20(7-14-24(25)39-17-19-5-12-23(13-6-19)33(36)37)16-30-32-28(35)26(18(2)3)31-27(34)21-8-10-22(29)11-9-21/h5-16,18,26H,4,17H2,1-3H3,(H,31,34)(H,32,35)/b30-16-. The Balaban J connectivity index is 1.62. The van der Waals surface area contributed by atoms with Crippen LogP contribution in [0.15, 0.2) is 71.8 Å². The number of nitro benzene ring substituents is 1. The number of benzene rings is 3. The molecule has 3 rings (SSSR count). The molecule has 10 nitrogen and oxygen atoms in total. The zero-order valence-corrected chi connectivity index (χ0v) is 22.5. The van der Waals surface area contributed by atoms with Gasteiger partial charge in [-0.25, -0.2) is 5.43 Å². The third-order valence-electron chi connectivity index (χ3n) is 5.54. The molecule has 0 aliphatic carbocycles. The van der Waals surface area contributed by atoms with Crippen LogP contribution in [-0.4, -0.2) is 35.6 Å². The van der Waals surface area contributed by atoms with Gasteiger partial charge in [-0.1, -0.05) is 25.4 Å². The molecule has 0 saturated heterocycles. The summed E-state index contributed by atoms with van der Waals surface area (Å²) in [7, 11) is 0. The first-order chi connectivity index (χ1) is 18.7. The molecule has 1 unspecified atom stereocenters. The zero-order valence-electron chi connectivity index (χ0n) is 21.7. The molecule has 0 radical (unpaired) electrons. The highest BCUT2D eigenvalue weighted by Gasteiger charge is 2.24. The van der Waals surface area contributed by atoms with E-state index in [4.69, 9.17) is 21.1 Å². The lowest BCUT2D eigenvalue weighted by atomic mass is 10.0. The van der Waals surface area contributed by atoms with Crippen LogP contribution in [-0.2, 0) is 11.4 Å². The number of non-ortho nitro benzene ring substituents is 1. The quantitative estimate of drug-likeness (QED) is 0.182. The van der Waals surface area contributed by atoms with E-state index in [1.807, 2.05) is 20.8 Å². The van der Waals surface area contributed by atoms with Crippen molar-refractivity contribution in [2.75, 3.05) is 6.61 Å². The summed E-state index contributed by atoms with van der Waals surface area (Å²) in [5, 5.41) is 18.1. The average molecular weight is 553 g/mol. The van der Waals surface area contributed by atoms with Gasteiger partial charge in [0.1, 0.15) is 12.6 Å². The van der Waals surface area contributed by atoms with Crippen molar-refractivity contribution < 1.29 is 24.0 Å². The van der Waals surface area contributed by atoms with Gasteiger partial charge in [0, 0.05) is 22.7 Å². The second kappa shape index (κ2) is 13.9. The smallest absolute Gasteiger partial charge is 0.269 e. The number of nitro groups is 1. The summed E-state index contributed by atoms with van der Waals surface area (Å²) < 4.78 is 11.5. The van der Waals surface area contributed by atoms with Crippen molar-refractivity contribution in [2.24, 2.45) is 11.0 Å². The molecule has 0 saturated carbocycles. The number of carbonyl (C=O) groups is 2. The fourth-order valence-corrected chi connectivity index (χ4v) is 3.59. The third kappa shape index (κ3) is 8.54. The predicted molar refractivity (Wildman–Crippen MR) is 148 cm³/mol. The summed E-state index contributed by atoms with van der Waals surface area (Å²) in [5.41, 5.74) is 4.28. The lowest BCUT2D eigenvalue weighted by Gasteiger charge is -2.20. The number of ether oxygens (including phenoxy) is 2. The number of hydrogen-bond acceptors (Lipinski definition) is 7. The number of rotatable bonds is 12. The van der Waals surface area contributed by atoms with Crippen LogP contribution < -0.4 is 20.2 Å². The Morgan fingerprint density at radius 2 is 1.72 bits per heavy atom. The van der Waals surface area contributed by atoms with E-state index in [1.165, 1.54) is 18.3 Å². The van der Waals surface area contributed by atoms with Gasteiger partial charge in [-0.05, 0) is 78.6 Å². The summed E-state index contributed by atoms with van der Waals surface area (Å²) in [6.45, 7) is 6.07. The number of carbonyl (C=O) groups excluding carboxylic acids is 2. The van der Waals surface area contributed by atoms with Crippen molar-refractivity contribution in [3.8, 4) is 11.5 Å². The van der Waals surface area contributed by atoms with Gasteiger partial charge in [-0.3, -0.25) is 19.7 Å². The highest BCUT2D eigenvalue weighted by Crippen LogP contribution is 2.29. The number of hydrazone groups is 1. The molecular formula is C28H29ClN4O6. The van der Waals surface area contributed by atoms with Gasteiger partial charge < -0.3 is 14.8 Å². The fourth-order valence-electron chi connectivity index (χ4n) is 3.47. The molecule has 3 aromatic carbocycles. The molecule has 0 fully saturated rings. The van der Waals surface area contributed by atoms with Crippen LogP contribution in [0.3, 0.4) is 0 Å². The van der Waals surface area contributed by atoms with Gasteiger partial charge in [-0.15, -0.1) is 0 Å². The summed E-state index contributed by atoms with van der Waals surface area (Å²) in [5.74, 6) is -0.0776. The number of halogens is 1. The molecule has 204 valence electrons. The Bertz CT molecular complexity index is 1330. The summed E-state index contributed by atoms with van der Waals surface area (Å²) in [4.78, 5) is 35.7. The van der Waals surface area contributed by atoms with Crippen molar-refractivity contribution in [1.29, 1.82) is 0 Å². The Hall–Kier alpha value is -4.44. The third-order valence-corrected chi connectivity index (χ3v) is 5.79. The van der Waals surface area contributed by atoms with Gasteiger partial charge in [-0.2, -0.15) is 5.10 Å². The monoisotopic (exact) mass is 552 g/mol. The molecule has 0 aliphatic rings. The molecule has 0 spiro atoms. The van der Waals surface area contributed by atoms with E-state index in [0.29, 0.717) is 34.3 Å². The maximum atomic E-state index is 12.8. The minimum Gasteiger partial charge on any atom is -0.490 e. The Morgan fingerprint density at radius 1 is 1.03 bits per heavy atom. The number of nitrogens with zero attached hydrogens (tertiary/aromatic N) is 2. The van der Waals surface area contributed by atoms with Crippen LogP contribution in [0.2, 0.25) is 5.02 Å². The lowest BCUT2D eigenvalue weighted by molar-refractivity contribution is -0.384. The predicted octanol–water partition coefficient (Wildman–Crippen LogP) is 5.13. The first-order valence-electron chi connectivity index (χ1n) is 12.2. The molecule has 0 heterocycles. The van der Waals surface area contributed by atoms with E-state index >= 15 is 0 Å². The molecule has 11 heteroatoms. The van der Waals surface area contributed by atoms with E-state index < -0.39 is 22.8 Å². The zero-order chi connectivity index (χ0) is 28.4. The average Bonchev–Trinajstić information content (AvgIpc) is 2.91. The van der Waals surface area contributed by atoms with Crippen LogP contribution in [0.1, 0.15) is 42.3 Å². The molecule has 0 aliphatic heterocycles. The van der Waals surface area contributed by atoms with Gasteiger partial charge >= 0.3 is 0 Å². The summed E-state index contributed by atoms with van der Waals surface area (Å²) >= 11 is 5.88. The normalized spacial score (nSPS) is 11.7. The first-order valence-corrected chi connectivity index (χ1v) is 12.6. The second-order valence-corrected chi connectivity index (χ2v) is 9.22. The van der Waals surface area contributed by atoms with Gasteiger partial charge in [0.15, 0.2) is 11.5 Å². The molecule has 2 N–H and O–H groups in total. The lowest BCUT2D eigenvalue weighted by Crippen LogP contribution is -2.48. The van der Waals surface area contributed by atoms with Crippen LogP contribution in [0, 0.1) is 16.0 Å².